The van der Waals surface area contributed by atoms with Gasteiger partial charge in [-0.3, -0.25) is 0 Å². The van der Waals surface area contributed by atoms with Crippen LogP contribution in [0.1, 0.15) is 40.0 Å². The van der Waals surface area contributed by atoms with Gasteiger partial charge in [-0.15, -0.1) is 0 Å². The molecule has 0 amide bonds. The normalized spacial score (nSPS) is 14.7. The van der Waals surface area contributed by atoms with E-state index >= 15 is 0 Å². The largest absolute Gasteiger partial charge is 0.382 e. The zero-order valence-corrected chi connectivity index (χ0v) is 24.6. The van der Waals surface area contributed by atoms with Crippen molar-refractivity contribution in [3.63, 3.8) is 0 Å². The van der Waals surface area contributed by atoms with E-state index in [4.69, 9.17) is 23.7 Å². The third-order valence-electron chi connectivity index (χ3n) is 4.85. The van der Waals surface area contributed by atoms with Crippen molar-refractivity contribution < 1.29 is 48.9 Å². The summed E-state index contributed by atoms with van der Waals surface area (Å²) in [5, 5.41) is 0. The number of ether oxygens (including phenoxy) is 5. The molecular weight excluding hydrogens is 536 g/mol. The fraction of sp³-hybridized carbons (Fsp3) is 1.00. The van der Waals surface area contributed by atoms with E-state index in [-0.39, 0.29) is 80.8 Å². The Morgan fingerprint density at radius 3 is 1.28 bits per heavy atom. The molecule has 0 radical (unpaired) electrons. The third-order valence-corrected chi connectivity index (χ3v) is 10.3. The Hall–Kier alpha value is -0.350. The Morgan fingerprint density at radius 1 is 0.500 bits per heavy atom. The van der Waals surface area contributed by atoms with Crippen LogP contribution in [-0.2, 0) is 53.2 Å². The number of hydrogen-bond acceptors (Lipinski definition) is 11. The molecule has 0 N–H and O–H groups in total. The lowest BCUT2D eigenvalue weighted by atomic mass is 10.3. The van der Waals surface area contributed by atoms with E-state index in [1.807, 2.05) is 0 Å². The van der Waals surface area contributed by atoms with Crippen LogP contribution in [-0.4, -0.2) is 125 Å². The van der Waals surface area contributed by atoms with Gasteiger partial charge in [0.05, 0.1) is 63.5 Å². The minimum atomic E-state index is -3.22. The lowest BCUT2D eigenvalue weighted by molar-refractivity contribution is -0.102. The molecule has 0 heterocycles. The van der Waals surface area contributed by atoms with Crippen molar-refractivity contribution >= 4 is 29.5 Å². The van der Waals surface area contributed by atoms with Crippen LogP contribution < -0.4 is 0 Å². The first kappa shape index (κ1) is 35.6. The number of hydrogen-bond donors (Lipinski definition) is 0. The van der Waals surface area contributed by atoms with Crippen LogP contribution in [0, 0.1) is 0 Å². The van der Waals surface area contributed by atoms with Crippen molar-refractivity contribution in [2.45, 2.75) is 52.2 Å². The van der Waals surface area contributed by atoms with Gasteiger partial charge in [0.1, 0.15) is 12.2 Å². The quantitative estimate of drug-likeness (QED) is 0.141. The Balaban J connectivity index is 4.82. The maximum atomic E-state index is 12.0. The summed E-state index contributed by atoms with van der Waals surface area (Å²) in [6.45, 7) is 5.69. The Labute approximate surface area is 218 Å². The van der Waals surface area contributed by atoms with Gasteiger partial charge in [0, 0.05) is 24.4 Å². The molecule has 218 valence electrons. The smallest absolute Gasteiger partial charge is 0.152 e. The average molecular weight is 583 g/mol. The lowest BCUT2D eigenvalue weighted by Gasteiger charge is -2.22. The predicted octanol–water partition coefficient (Wildman–Crippen LogP) is 0.911. The molecule has 0 saturated carbocycles. The predicted molar refractivity (Wildman–Crippen MR) is 140 cm³/mol. The summed E-state index contributed by atoms with van der Waals surface area (Å²) in [5.74, 6) is -0.0501. The van der Waals surface area contributed by atoms with Crippen LogP contribution >= 0.6 is 0 Å². The van der Waals surface area contributed by atoms with E-state index in [0.717, 1.165) is 0 Å². The van der Waals surface area contributed by atoms with Crippen molar-refractivity contribution in [3.05, 3.63) is 0 Å². The fourth-order valence-corrected chi connectivity index (χ4v) is 6.67. The van der Waals surface area contributed by atoms with Crippen LogP contribution in [0.2, 0.25) is 0 Å². The Kier molecular flexibility index (Phi) is 19.5. The molecule has 0 saturated heterocycles. The second-order valence-electron chi connectivity index (χ2n) is 8.51. The summed E-state index contributed by atoms with van der Waals surface area (Å²) in [5.41, 5.74) is 0. The molecule has 11 nitrogen and oxygen atoms in total. The average Bonchev–Trinajstić information content (AvgIpc) is 2.76. The molecule has 0 rings (SSSR count). The van der Waals surface area contributed by atoms with Crippen molar-refractivity contribution in [1.29, 1.82) is 0 Å². The van der Waals surface area contributed by atoms with Gasteiger partial charge in [-0.1, -0.05) is 20.8 Å². The summed E-state index contributed by atoms with van der Waals surface area (Å²) < 4.78 is 98.9. The van der Waals surface area contributed by atoms with E-state index in [2.05, 4.69) is 0 Å². The zero-order chi connectivity index (χ0) is 27.5. The third kappa shape index (κ3) is 19.7. The lowest BCUT2D eigenvalue weighted by Crippen LogP contribution is -2.34. The molecule has 0 aliphatic carbocycles. The van der Waals surface area contributed by atoms with Gasteiger partial charge in [-0.05, 0) is 19.3 Å². The topological polar surface area (TPSA) is 149 Å². The molecule has 0 aliphatic rings. The molecule has 0 aliphatic heterocycles. The van der Waals surface area contributed by atoms with E-state index in [1.54, 1.807) is 20.8 Å². The number of rotatable bonds is 25. The van der Waals surface area contributed by atoms with Crippen molar-refractivity contribution in [2.24, 2.45) is 0 Å². The highest BCUT2D eigenvalue weighted by Gasteiger charge is 2.19. The first-order valence-corrected chi connectivity index (χ1v) is 17.9. The van der Waals surface area contributed by atoms with Crippen LogP contribution in [0.3, 0.4) is 0 Å². The second-order valence-corrected chi connectivity index (χ2v) is 15.4. The van der Waals surface area contributed by atoms with Gasteiger partial charge in [0.15, 0.2) is 29.5 Å². The van der Waals surface area contributed by atoms with Crippen molar-refractivity contribution in [3.8, 4) is 0 Å². The van der Waals surface area contributed by atoms with Crippen LogP contribution in [0.5, 0.6) is 0 Å². The van der Waals surface area contributed by atoms with Crippen molar-refractivity contribution in [1.82, 2.24) is 0 Å². The van der Waals surface area contributed by atoms with Gasteiger partial charge in [-0.25, -0.2) is 25.3 Å². The number of sulfone groups is 3. The van der Waals surface area contributed by atoms with Crippen LogP contribution in [0.4, 0.5) is 0 Å². The standard InChI is InChI=1S/C22H46O11S3/c1-5-11-34(23,24)14-8-30-18-21(17-29-4)33-20-22(32-10-16-36(27,28)13-7-3)19-31-9-15-35(25,26)12-6-2/h21-22H,5-20H2,1-4H3. The number of methoxy groups -OCH3 is 1. The van der Waals surface area contributed by atoms with Crippen LogP contribution in [0.25, 0.3) is 0 Å². The Bertz CT molecular complexity index is 856. The van der Waals surface area contributed by atoms with Gasteiger partial charge >= 0.3 is 0 Å². The highest BCUT2D eigenvalue weighted by Crippen LogP contribution is 2.04. The molecule has 0 aromatic carbocycles. The summed E-state index contributed by atoms with van der Waals surface area (Å²) >= 11 is 0. The minimum Gasteiger partial charge on any atom is -0.382 e. The SMILES string of the molecule is CCCS(=O)(=O)CCOCC(COC)OCC(COCCS(=O)(=O)CCC)OCCS(=O)(=O)CCC. The molecule has 36 heavy (non-hydrogen) atoms. The molecule has 0 aromatic heterocycles. The first-order chi connectivity index (χ1) is 16.9. The van der Waals surface area contributed by atoms with Crippen LogP contribution in [0.15, 0.2) is 0 Å². The van der Waals surface area contributed by atoms with E-state index in [1.165, 1.54) is 7.11 Å². The highest BCUT2D eigenvalue weighted by atomic mass is 32.2. The summed E-state index contributed by atoms with van der Waals surface area (Å²) in [7, 11) is -8.06. The van der Waals surface area contributed by atoms with E-state index in [9.17, 15) is 25.3 Å². The summed E-state index contributed by atoms with van der Waals surface area (Å²) in [6, 6.07) is 0. The van der Waals surface area contributed by atoms with Crippen molar-refractivity contribution in [2.75, 3.05) is 87.9 Å². The minimum absolute atomic E-state index is 0.00677. The Morgan fingerprint density at radius 2 is 0.889 bits per heavy atom. The molecule has 14 heteroatoms. The van der Waals surface area contributed by atoms with Gasteiger partial charge in [0.25, 0.3) is 0 Å². The first-order valence-electron chi connectivity index (χ1n) is 12.4. The van der Waals surface area contributed by atoms with E-state index in [0.29, 0.717) is 19.3 Å². The molecular formula is C22H46O11S3. The molecule has 2 unspecified atom stereocenters. The fourth-order valence-electron chi connectivity index (χ4n) is 3.10. The van der Waals surface area contributed by atoms with Gasteiger partial charge in [0.2, 0.25) is 0 Å². The van der Waals surface area contributed by atoms with Gasteiger partial charge in [-0.2, -0.15) is 0 Å². The monoisotopic (exact) mass is 582 g/mol. The maximum absolute atomic E-state index is 12.0. The maximum Gasteiger partial charge on any atom is 0.152 e. The zero-order valence-electron chi connectivity index (χ0n) is 22.2. The highest BCUT2D eigenvalue weighted by molar-refractivity contribution is 7.91. The molecule has 2 atom stereocenters. The molecule has 0 spiro atoms. The van der Waals surface area contributed by atoms with Gasteiger partial charge < -0.3 is 23.7 Å². The van der Waals surface area contributed by atoms with E-state index < -0.39 is 41.7 Å². The molecule has 0 fully saturated rings. The summed E-state index contributed by atoms with van der Waals surface area (Å²) in [6.07, 6.45) is 0.444. The second kappa shape index (κ2) is 19.7. The molecule has 0 bridgehead atoms. The summed E-state index contributed by atoms with van der Waals surface area (Å²) in [4.78, 5) is 0. The molecule has 0 aromatic rings.